The Bertz CT molecular complexity index is 3560. The molecule has 5 nitrogen and oxygen atoms in total. The molecule has 0 saturated heterocycles. The van der Waals surface area contributed by atoms with E-state index in [-0.39, 0.29) is 0 Å². The molecule has 0 saturated carbocycles. The lowest BCUT2D eigenvalue weighted by molar-refractivity contribution is 1.07. The van der Waals surface area contributed by atoms with Gasteiger partial charge in [0.25, 0.3) is 0 Å². The molecule has 0 aliphatic heterocycles. The van der Waals surface area contributed by atoms with Crippen molar-refractivity contribution in [2.24, 2.45) is 0 Å². The number of benzene rings is 8. The molecule has 0 amide bonds. The molecule has 0 N–H and O–H groups in total. The standard InChI is InChI=1S/C56H35N5S/c1-5-18-36(19-6-1)41-26-13-14-27-42(41)39-32-48(56-59-54(37-20-7-2-8-21-37)58-55(60-56)38-22-9-3-10-23-38)52(57-35-39)45-30-17-29-44-47-33-46-43-28-15-16-31-49(43)61(40-24-11-4-12-25-40)50(46)34-51(47)62-53(44)45/h1-35H. The smallest absolute Gasteiger partial charge is 0.166 e. The fourth-order valence-electron chi connectivity index (χ4n) is 8.83. The number of aromatic nitrogens is 5. The van der Waals surface area contributed by atoms with Gasteiger partial charge >= 0.3 is 0 Å². The van der Waals surface area contributed by atoms with Gasteiger partial charge in [-0.3, -0.25) is 4.98 Å². The van der Waals surface area contributed by atoms with E-state index in [1.807, 2.05) is 78.2 Å². The molecule has 4 aromatic heterocycles. The average molecular weight is 810 g/mol. The summed E-state index contributed by atoms with van der Waals surface area (Å²) in [5.74, 6) is 1.77. The van der Waals surface area contributed by atoms with Gasteiger partial charge in [0.2, 0.25) is 0 Å². The van der Waals surface area contributed by atoms with Crippen LogP contribution < -0.4 is 0 Å². The molecule has 4 heterocycles. The van der Waals surface area contributed by atoms with Crippen LogP contribution in [0.15, 0.2) is 212 Å². The van der Waals surface area contributed by atoms with Crippen molar-refractivity contribution in [3.63, 3.8) is 0 Å². The number of para-hydroxylation sites is 2. The van der Waals surface area contributed by atoms with Crippen LogP contribution in [0.4, 0.5) is 0 Å². The first-order valence-electron chi connectivity index (χ1n) is 20.7. The third kappa shape index (κ3) is 6.08. The van der Waals surface area contributed by atoms with Crippen LogP contribution >= 0.6 is 11.3 Å². The van der Waals surface area contributed by atoms with Crippen LogP contribution in [0, 0.1) is 0 Å². The summed E-state index contributed by atoms with van der Waals surface area (Å²) in [4.78, 5) is 21.0. The highest BCUT2D eigenvalue weighted by Crippen LogP contribution is 2.46. The normalized spacial score (nSPS) is 11.5. The van der Waals surface area contributed by atoms with E-state index >= 15 is 0 Å². The summed E-state index contributed by atoms with van der Waals surface area (Å²) in [6, 6.07) is 72.3. The molecular formula is C56H35N5S. The summed E-state index contributed by atoms with van der Waals surface area (Å²) in [5.41, 5.74) is 12.4. The zero-order valence-electron chi connectivity index (χ0n) is 33.4. The van der Waals surface area contributed by atoms with Crippen LogP contribution in [0.1, 0.15) is 0 Å². The lowest BCUT2D eigenvalue weighted by Crippen LogP contribution is -2.02. The number of hydrogen-bond acceptors (Lipinski definition) is 5. The second kappa shape index (κ2) is 14.9. The van der Waals surface area contributed by atoms with Crippen molar-refractivity contribution in [2.45, 2.75) is 0 Å². The van der Waals surface area contributed by atoms with Crippen LogP contribution in [0.3, 0.4) is 0 Å². The van der Waals surface area contributed by atoms with Crippen LogP contribution in [0.25, 0.3) is 115 Å². The number of fused-ring (bicyclic) bond motifs is 6. The van der Waals surface area contributed by atoms with Gasteiger partial charge in [-0.05, 0) is 53.1 Å². The monoisotopic (exact) mass is 809 g/mol. The van der Waals surface area contributed by atoms with Crippen molar-refractivity contribution in [3.8, 4) is 73.4 Å². The van der Waals surface area contributed by atoms with E-state index in [1.165, 1.54) is 37.3 Å². The summed E-state index contributed by atoms with van der Waals surface area (Å²) in [6.07, 6.45) is 2.01. The van der Waals surface area contributed by atoms with Gasteiger partial charge in [0, 0.05) is 70.6 Å². The maximum absolute atomic E-state index is 5.40. The lowest BCUT2D eigenvalue weighted by Gasteiger charge is -2.15. The molecule has 0 fully saturated rings. The van der Waals surface area contributed by atoms with Crippen molar-refractivity contribution in [3.05, 3.63) is 212 Å². The maximum Gasteiger partial charge on any atom is 0.166 e. The van der Waals surface area contributed by atoms with Crippen molar-refractivity contribution in [1.29, 1.82) is 0 Å². The number of hydrogen-bond donors (Lipinski definition) is 0. The molecule has 0 radical (unpaired) electrons. The molecule has 290 valence electrons. The topological polar surface area (TPSA) is 56.5 Å². The minimum atomic E-state index is 0.562. The maximum atomic E-state index is 5.40. The lowest BCUT2D eigenvalue weighted by atomic mass is 9.93. The number of thiophene rings is 1. The van der Waals surface area contributed by atoms with E-state index in [2.05, 4.69) is 150 Å². The zero-order chi connectivity index (χ0) is 41.0. The quantitative estimate of drug-likeness (QED) is 0.161. The molecule has 0 spiro atoms. The van der Waals surface area contributed by atoms with E-state index in [4.69, 9.17) is 19.9 Å². The molecule has 12 aromatic rings. The Morgan fingerprint density at radius 1 is 0.355 bits per heavy atom. The van der Waals surface area contributed by atoms with E-state index in [1.54, 1.807) is 0 Å². The predicted molar refractivity (Wildman–Crippen MR) is 257 cm³/mol. The number of nitrogens with zero attached hydrogens (tertiary/aromatic N) is 5. The third-order valence-corrected chi connectivity index (χ3v) is 12.9. The molecule has 0 aliphatic carbocycles. The average Bonchev–Trinajstić information content (AvgIpc) is 3.89. The molecule has 12 rings (SSSR count). The molecule has 0 atom stereocenters. The number of pyridine rings is 1. The Hall–Kier alpha value is -8.06. The minimum Gasteiger partial charge on any atom is -0.309 e. The fourth-order valence-corrected chi connectivity index (χ4v) is 10.1. The summed E-state index contributed by atoms with van der Waals surface area (Å²) in [7, 11) is 0. The van der Waals surface area contributed by atoms with Crippen LogP contribution in [-0.2, 0) is 0 Å². The zero-order valence-corrected chi connectivity index (χ0v) is 34.2. The van der Waals surface area contributed by atoms with Gasteiger partial charge in [0.05, 0.1) is 16.7 Å². The van der Waals surface area contributed by atoms with Gasteiger partial charge in [0.1, 0.15) is 0 Å². The first kappa shape index (κ1) is 35.8. The van der Waals surface area contributed by atoms with Gasteiger partial charge in [0.15, 0.2) is 17.5 Å². The first-order valence-corrected chi connectivity index (χ1v) is 21.5. The first-order chi connectivity index (χ1) is 30.7. The SMILES string of the molecule is c1ccc(-c2nc(-c3ccccc3)nc(-c3cc(-c4ccccc4-c4ccccc4)cnc3-c3cccc4c3sc3cc5c(cc34)c3ccccc3n5-c3ccccc3)n2)cc1. The highest BCUT2D eigenvalue weighted by molar-refractivity contribution is 7.26. The summed E-state index contributed by atoms with van der Waals surface area (Å²) in [5, 5.41) is 4.88. The van der Waals surface area contributed by atoms with Gasteiger partial charge in [-0.1, -0.05) is 170 Å². The molecule has 6 heteroatoms. The molecule has 8 aromatic carbocycles. The Balaban J connectivity index is 1.12. The Kier molecular flexibility index (Phi) is 8.61. The summed E-state index contributed by atoms with van der Waals surface area (Å²) in [6.45, 7) is 0. The van der Waals surface area contributed by atoms with Crippen LogP contribution in [0.5, 0.6) is 0 Å². The van der Waals surface area contributed by atoms with Crippen LogP contribution in [-0.4, -0.2) is 24.5 Å². The van der Waals surface area contributed by atoms with Gasteiger partial charge in [-0.25, -0.2) is 15.0 Å². The van der Waals surface area contributed by atoms with E-state index in [9.17, 15) is 0 Å². The minimum absolute atomic E-state index is 0.562. The predicted octanol–water partition coefficient (Wildman–Crippen LogP) is 14.7. The largest absolute Gasteiger partial charge is 0.309 e. The second-order valence-corrected chi connectivity index (χ2v) is 16.5. The van der Waals surface area contributed by atoms with Crippen LogP contribution in [0.2, 0.25) is 0 Å². The second-order valence-electron chi connectivity index (χ2n) is 15.4. The molecule has 0 unspecified atom stereocenters. The Morgan fingerprint density at radius 2 is 0.903 bits per heavy atom. The van der Waals surface area contributed by atoms with Gasteiger partial charge in [-0.15, -0.1) is 11.3 Å². The van der Waals surface area contributed by atoms with E-state index in [0.717, 1.165) is 60.6 Å². The molecule has 0 bridgehead atoms. The fraction of sp³-hybridized carbons (Fsp3) is 0. The summed E-state index contributed by atoms with van der Waals surface area (Å²) < 4.78 is 4.77. The van der Waals surface area contributed by atoms with Gasteiger partial charge in [-0.2, -0.15) is 0 Å². The van der Waals surface area contributed by atoms with E-state index in [0.29, 0.717) is 17.5 Å². The Morgan fingerprint density at radius 3 is 1.60 bits per heavy atom. The Labute approximate surface area is 361 Å². The molecule has 62 heavy (non-hydrogen) atoms. The van der Waals surface area contributed by atoms with Crippen molar-refractivity contribution >= 4 is 53.3 Å². The highest BCUT2D eigenvalue weighted by atomic mass is 32.1. The van der Waals surface area contributed by atoms with E-state index < -0.39 is 0 Å². The van der Waals surface area contributed by atoms with Crippen molar-refractivity contribution < 1.29 is 0 Å². The molecular weight excluding hydrogens is 775 g/mol. The summed E-state index contributed by atoms with van der Waals surface area (Å²) >= 11 is 1.81. The van der Waals surface area contributed by atoms with Gasteiger partial charge < -0.3 is 4.57 Å². The number of rotatable bonds is 7. The van der Waals surface area contributed by atoms with Crippen molar-refractivity contribution in [1.82, 2.24) is 24.5 Å². The van der Waals surface area contributed by atoms with Crippen molar-refractivity contribution in [2.75, 3.05) is 0 Å². The highest BCUT2D eigenvalue weighted by Gasteiger charge is 2.22. The third-order valence-electron chi connectivity index (χ3n) is 11.7. The molecule has 0 aliphatic rings.